The number of hydrogen-bond acceptors (Lipinski definition) is 5. The van der Waals surface area contributed by atoms with Crippen molar-refractivity contribution in [1.82, 2.24) is 0 Å². The molecule has 1 aromatic carbocycles. The Morgan fingerprint density at radius 3 is 3.12 bits per heavy atom. The van der Waals surface area contributed by atoms with Crippen LogP contribution in [-0.2, 0) is 9.53 Å². The first-order valence-electron chi connectivity index (χ1n) is 5.38. The van der Waals surface area contributed by atoms with Crippen LogP contribution in [0.5, 0.6) is 5.75 Å². The SMILES string of the molecule is COC(=O)CSC1COc2ccccc2C1N. The number of para-hydroxylation sites is 1. The molecule has 2 atom stereocenters. The Morgan fingerprint density at radius 2 is 2.35 bits per heavy atom. The maximum atomic E-state index is 11.1. The minimum atomic E-state index is -0.235. The quantitative estimate of drug-likeness (QED) is 0.824. The predicted octanol–water partition coefficient (Wildman–Crippen LogP) is 1.35. The van der Waals surface area contributed by atoms with Crippen LogP contribution in [0.1, 0.15) is 11.6 Å². The first-order valence-corrected chi connectivity index (χ1v) is 6.43. The summed E-state index contributed by atoms with van der Waals surface area (Å²) in [4.78, 5) is 11.1. The van der Waals surface area contributed by atoms with E-state index in [9.17, 15) is 4.79 Å². The van der Waals surface area contributed by atoms with Gasteiger partial charge in [-0.1, -0.05) is 18.2 Å². The van der Waals surface area contributed by atoms with E-state index in [0.29, 0.717) is 12.4 Å². The first kappa shape index (κ1) is 12.3. The summed E-state index contributed by atoms with van der Waals surface area (Å²) >= 11 is 1.48. The number of thioether (sulfide) groups is 1. The lowest BCUT2D eigenvalue weighted by Crippen LogP contribution is -2.34. The van der Waals surface area contributed by atoms with E-state index in [4.69, 9.17) is 10.5 Å². The highest BCUT2D eigenvalue weighted by Crippen LogP contribution is 2.35. The molecule has 5 heteroatoms. The summed E-state index contributed by atoms with van der Waals surface area (Å²) in [6.07, 6.45) is 0. The Morgan fingerprint density at radius 1 is 1.59 bits per heavy atom. The van der Waals surface area contributed by atoms with Crippen LogP contribution in [0.3, 0.4) is 0 Å². The average molecular weight is 253 g/mol. The van der Waals surface area contributed by atoms with E-state index in [2.05, 4.69) is 4.74 Å². The van der Waals surface area contributed by atoms with Gasteiger partial charge in [-0.05, 0) is 6.07 Å². The molecule has 2 unspecified atom stereocenters. The Labute approximate surface area is 104 Å². The van der Waals surface area contributed by atoms with Gasteiger partial charge in [0.2, 0.25) is 0 Å². The smallest absolute Gasteiger partial charge is 0.315 e. The monoisotopic (exact) mass is 253 g/mol. The number of ether oxygens (including phenoxy) is 2. The number of esters is 1. The normalized spacial score (nSPS) is 22.5. The number of fused-ring (bicyclic) bond motifs is 1. The number of hydrogen-bond donors (Lipinski definition) is 1. The van der Waals surface area contributed by atoms with Gasteiger partial charge in [-0.2, -0.15) is 0 Å². The summed E-state index contributed by atoms with van der Waals surface area (Å²) in [5.74, 6) is 0.913. The molecule has 0 saturated heterocycles. The molecular formula is C12H15NO3S. The second kappa shape index (κ2) is 5.42. The number of methoxy groups -OCH3 is 1. The van der Waals surface area contributed by atoms with E-state index in [-0.39, 0.29) is 17.3 Å². The van der Waals surface area contributed by atoms with Crippen LogP contribution >= 0.6 is 11.8 Å². The fourth-order valence-corrected chi connectivity index (χ4v) is 2.74. The molecule has 0 fully saturated rings. The third-order valence-corrected chi connectivity index (χ3v) is 3.98. The maximum Gasteiger partial charge on any atom is 0.315 e. The molecule has 0 bridgehead atoms. The fraction of sp³-hybridized carbons (Fsp3) is 0.417. The summed E-state index contributed by atoms with van der Waals surface area (Å²) in [5.41, 5.74) is 7.17. The lowest BCUT2D eigenvalue weighted by molar-refractivity contribution is -0.137. The van der Waals surface area contributed by atoms with Gasteiger partial charge in [0.15, 0.2) is 0 Å². The first-order chi connectivity index (χ1) is 8.22. The number of carbonyl (C=O) groups excluding carboxylic acids is 1. The van der Waals surface area contributed by atoms with Crippen molar-refractivity contribution in [3.8, 4) is 5.75 Å². The van der Waals surface area contributed by atoms with Gasteiger partial charge in [-0.25, -0.2) is 0 Å². The summed E-state index contributed by atoms with van der Waals surface area (Å²) in [7, 11) is 1.38. The summed E-state index contributed by atoms with van der Waals surface area (Å²) < 4.78 is 10.2. The van der Waals surface area contributed by atoms with Crippen LogP contribution in [0.4, 0.5) is 0 Å². The van der Waals surface area contributed by atoms with Crippen LogP contribution in [0.2, 0.25) is 0 Å². The number of nitrogens with two attached hydrogens (primary N) is 1. The van der Waals surface area contributed by atoms with Gasteiger partial charge in [0.25, 0.3) is 0 Å². The number of carbonyl (C=O) groups is 1. The van der Waals surface area contributed by atoms with E-state index in [1.54, 1.807) is 0 Å². The molecular weight excluding hydrogens is 238 g/mol. The van der Waals surface area contributed by atoms with E-state index < -0.39 is 0 Å². The maximum absolute atomic E-state index is 11.1. The molecule has 1 aliphatic rings. The van der Waals surface area contributed by atoms with Crippen molar-refractivity contribution in [2.45, 2.75) is 11.3 Å². The van der Waals surface area contributed by atoms with Crippen molar-refractivity contribution in [2.75, 3.05) is 19.5 Å². The molecule has 1 heterocycles. The second-order valence-electron chi connectivity index (χ2n) is 3.80. The zero-order valence-corrected chi connectivity index (χ0v) is 10.4. The fourth-order valence-electron chi connectivity index (χ4n) is 1.75. The molecule has 4 nitrogen and oxygen atoms in total. The van der Waals surface area contributed by atoms with Crippen LogP contribution in [0, 0.1) is 0 Å². The van der Waals surface area contributed by atoms with E-state index in [0.717, 1.165) is 11.3 Å². The van der Waals surface area contributed by atoms with Crippen molar-refractivity contribution >= 4 is 17.7 Å². The van der Waals surface area contributed by atoms with Crippen molar-refractivity contribution in [3.63, 3.8) is 0 Å². The van der Waals surface area contributed by atoms with Gasteiger partial charge in [-0.15, -0.1) is 11.8 Å². The number of benzene rings is 1. The van der Waals surface area contributed by atoms with Crippen molar-refractivity contribution < 1.29 is 14.3 Å². The molecule has 0 aliphatic carbocycles. The molecule has 2 rings (SSSR count). The number of rotatable bonds is 3. The van der Waals surface area contributed by atoms with Crippen LogP contribution < -0.4 is 10.5 Å². The molecule has 1 aromatic rings. The Hall–Kier alpha value is -1.20. The van der Waals surface area contributed by atoms with Crippen molar-refractivity contribution in [1.29, 1.82) is 0 Å². The highest BCUT2D eigenvalue weighted by molar-refractivity contribution is 8.00. The zero-order chi connectivity index (χ0) is 12.3. The lowest BCUT2D eigenvalue weighted by atomic mass is 10.0. The summed E-state index contributed by atoms with van der Waals surface area (Å²) in [5, 5.41) is 0.0870. The Bertz CT molecular complexity index is 410. The molecule has 0 amide bonds. The molecule has 1 aliphatic heterocycles. The molecule has 17 heavy (non-hydrogen) atoms. The van der Waals surface area contributed by atoms with E-state index in [1.165, 1.54) is 18.9 Å². The van der Waals surface area contributed by atoms with E-state index >= 15 is 0 Å². The summed E-state index contributed by atoms with van der Waals surface area (Å²) in [6.45, 7) is 0.528. The standard InChI is InChI=1S/C12H15NO3S/c1-15-11(14)7-17-10-6-16-9-5-3-2-4-8(9)12(10)13/h2-5,10,12H,6-7,13H2,1H3. The van der Waals surface area contributed by atoms with Gasteiger partial charge in [-0.3, -0.25) is 4.79 Å². The van der Waals surface area contributed by atoms with Crippen LogP contribution in [0.15, 0.2) is 24.3 Å². The van der Waals surface area contributed by atoms with Crippen molar-refractivity contribution in [3.05, 3.63) is 29.8 Å². The highest BCUT2D eigenvalue weighted by atomic mass is 32.2. The third-order valence-electron chi connectivity index (χ3n) is 2.72. The van der Waals surface area contributed by atoms with Crippen molar-refractivity contribution in [2.24, 2.45) is 5.73 Å². The largest absolute Gasteiger partial charge is 0.492 e. The molecule has 0 aromatic heterocycles. The lowest BCUT2D eigenvalue weighted by Gasteiger charge is -2.30. The minimum absolute atomic E-state index is 0.0870. The average Bonchev–Trinajstić information content (AvgIpc) is 2.38. The zero-order valence-electron chi connectivity index (χ0n) is 9.59. The van der Waals surface area contributed by atoms with Gasteiger partial charge in [0.05, 0.1) is 18.1 Å². The van der Waals surface area contributed by atoms with Crippen LogP contribution in [-0.4, -0.2) is 30.7 Å². The molecule has 0 spiro atoms. The minimum Gasteiger partial charge on any atom is -0.492 e. The topological polar surface area (TPSA) is 61.5 Å². The molecule has 92 valence electrons. The van der Waals surface area contributed by atoms with E-state index in [1.807, 2.05) is 24.3 Å². The molecule has 2 N–H and O–H groups in total. The third kappa shape index (κ3) is 2.73. The highest BCUT2D eigenvalue weighted by Gasteiger charge is 2.28. The molecule has 0 saturated carbocycles. The predicted molar refractivity (Wildman–Crippen MR) is 67.1 cm³/mol. The van der Waals surface area contributed by atoms with Gasteiger partial charge < -0.3 is 15.2 Å². The second-order valence-corrected chi connectivity index (χ2v) is 5.03. The van der Waals surface area contributed by atoms with Gasteiger partial charge in [0.1, 0.15) is 12.4 Å². The Balaban J connectivity index is 2.02. The molecule has 0 radical (unpaired) electrons. The Kier molecular flexibility index (Phi) is 3.91. The van der Waals surface area contributed by atoms with Crippen LogP contribution in [0.25, 0.3) is 0 Å². The van der Waals surface area contributed by atoms with Gasteiger partial charge in [0, 0.05) is 11.6 Å². The van der Waals surface area contributed by atoms with Gasteiger partial charge >= 0.3 is 5.97 Å². The summed E-state index contributed by atoms with van der Waals surface area (Å²) in [6, 6.07) is 7.64.